The first-order valence-electron chi connectivity index (χ1n) is 4.07. The van der Waals surface area contributed by atoms with E-state index in [4.69, 9.17) is 14.2 Å². The molecule has 5 nitrogen and oxygen atoms in total. The fourth-order valence-electron chi connectivity index (χ4n) is 1.10. The van der Waals surface area contributed by atoms with Crippen molar-refractivity contribution in [3.8, 4) is 10.8 Å². The summed E-state index contributed by atoms with van der Waals surface area (Å²) in [6.45, 7) is 0. The highest BCUT2D eigenvalue weighted by Crippen LogP contribution is 2.39. The van der Waals surface area contributed by atoms with E-state index in [2.05, 4.69) is 4.98 Å². The Morgan fingerprint density at radius 2 is 2.33 bits per heavy atom. The Balaban J connectivity index is 2.22. The Morgan fingerprint density at radius 3 is 2.93 bits per heavy atom. The molecule has 0 radical (unpaired) electrons. The van der Waals surface area contributed by atoms with Gasteiger partial charge in [-0.1, -0.05) is 0 Å². The van der Waals surface area contributed by atoms with Crippen LogP contribution in [0.3, 0.4) is 0 Å². The molecule has 2 N–H and O–H groups in total. The van der Waals surface area contributed by atoms with E-state index in [-0.39, 0.29) is 6.16 Å². The minimum atomic E-state index is -4.04. The maximum atomic E-state index is 10.7. The highest BCUT2D eigenvalue weighted by Gasteiger charge is 2.17. The van der Waals surface area contributed by atoms with Crippen LogP contribution in [-0.2, 0) is 10.7 Å². The van der Waals surface area contributed by atoms with Crippen molar-refractivity contribution in [3.63, 3.8) is 0 Å². The lowest BCUT2D eigenvalue weighted by atomic mass is 10.5. The monoisotopic (exact) mass is 245 g/mol. The highest BCUT2D eigenvalue weighted by molar-refractivity contribution is 7.50. The van der Waals surface area contributed by atoms with Gasteiger partial charge in [0.25, 0.3) is 0 Å². The van der Waals surface area contributed by atoms with Gasteiger partial charge in [0, 0.05) is 5.38 Å². The Hall–Kier alpha value is -0.940. The summed E-state index contributed by atoms with van der Waals surface area (Å²) in [6, 6.07) is 3.49. The topological polar surface area (TPSA) is 83.6 Å². The second-order valence-corrected chi connectivity index (χ2v) is 5.45. The second-order valence-electron chi connectivity index (χ2n) is 2.94. The summed E-state index contributed by atoms with van der Waals surface area (Å²) in [5, 5.41) is 2.25. The van der Waals surface area contributed by atoms with Crippen molar-refractivity contribution in [2.75, 3.05) is 0 Å². The molecule has 0 saturated heterocycles. The van der Waals surface area contributed by atoms with E-state index in [1.807, 2.05) is 0 Å². The van der Waals surface area contributed by atoms with Gasteiger partial charge in [-0.2, -0.15) is 0 Å². The summed E-state index contributed by atoms with van der Waals surface area (Å²) < 4.78 is 15.8. The normalized spacial score (nSPS) is 11.9. The number of aromatic nitrogens is 1. The van der Waals surface area contributed by atoms with Crippen molar-refractivity contribution >= 4 is 18.9 Å². The first kappa shape index (κ1) is 10.6. The van der Waals surface area contributed by atoms with E-state index in [1.54, 1.807) is 17.5 Å². The molecule has 0 atom stereocenters. The molecule has 0 unspecified atom stereocenters. The smallest absolute Gasteiger partial charge is 0.331 e. The quantitative estimate of drug-likeness (QED) is 0.809. The zero-order valence-corrected chi connectivity index (χ0v) is 9.24. The number of furan rings is 1. The number of thiazole rings is 1. The van der Waals surface area contributed by atoms with E-state index in [0.29, 0.717) is 16.5 Å². The molecule has 7 heteroatoms. The summed E-state index contributed by atoms with van der Waals surface area (Å²) in [4.78, 5) is 21.6. The molecule has 0 aliphatic rings. The molecule has 2 aromatic heterocycles. The lowest BCUT2D eigenvalue weighted by Gasteiger charge is -1.98. The molecule has 0 aliphatic carbocycles. The summed E-state index contributed by atoms with van der Waals surface area (Å²) in [6.07, 6.45) is 1.20. The molecule has 0 aromatic carbocycles. The lowest BCUT2D eigenvalue weighted by molar-refractivity contribution is 0.371. The zero-order valence-electron chi connectivity index (χ0n) is 7.53. The number of hydrogen-bond acceptors (Lipinski definition) is 4. The van der Waals surface area contributed by atoms with Gasteiger partial charge in [0.1, 0.15) is 0 Å². The average Bonchev–Trinajstić information content (AvgIpc) is 2.68. The molecule has 80 valence electrons. The molecule has 0 aliphatic heterocycles. The SMILES string of the molecule is O=P(O)(O)Cc1csc(-c2ccco2)n1. The molecular formula is C8H8NO4PS. The molecule has 0 spiro atoms. The minimum absolute atomic E-state index is 0.329. The van der Waals surface area contributed by atoms with Gasteiger partial charge in [0.05, 0.1) is 18.1 Å². The molecule has 2 aromatic rings. The maximum Gasteiger partial charge on any atom is 0.331 e. The maximum absolute atomic E-state index is 10.7. The fourth-order valence-corrected chi connectivity index (χ4v) is 2.60. The summed E-state index contributed by atoms with van der Waals surface area (Å²) in [5.74, 6) is 0.608. The third-order valence-corrected chi connectivity index (χ3v) is 3.29. The third-order valence-electron chi connectivity index (χ3n) is 1.65. The fraction of sp³-hybridized carbons (Fsp3) is 0.125. The van der Waals surface area contributed by atoms with Crippen LogP contribution in [0.15, 0.2) is 28.2 Å². The minimum Gasteiger partial charge on any atom is -0.462 e. The second kappa shape index (κ2) is 3.90. The molecule has 2 rings (SSSR count). The molecule has 0 saturated carbocycles. The molecule has 15 heavy (non-hydrogen) atoms. The van der Waals surface area contributed by atoms with Crippen LogP contribution in [-0.4, -0.2) is 14.8 Å². The predicted octanol–water partition coefficient (Wildman–Crippen LogP) is 2.08. The van der Waals surface area contributed by atoms with Crippen LogP contribution in [0.5, 0.6) is 0 Å². The van der Waals surface area contributed by atoms with Gasteiger partial charge in [-0.3, -0.25) is 4.57 Å². The van der Waals surface area contributed by atoms with Crippen LogP contribution in [0.25, 0.3) is 10.8 Å². The standard InChI is InChI=1S/C8H8NO4PS/c10-14(11,12)4-6-5-15-8(9-6)7-2-1-3-13-7/h1-3,5H,4H2,(H2,10,11,12). The number of hydrogen-bond donors (Lipinski definition) is 2. The van der Waals surface area contributed by atoms with Gasteiger partial charge in [0.15, 0.2) is 10.8 Å². The van der Waals surface area contributed by atoms with Gasteiger partial charge >= 0.3 is 7.60 Å². The van der Waals surface area contributed by atoms with E-state index < -0.39 is 7.60 Å². The van der Waals surface area contributed by atoms with Crippen LogP contribution in [0.1, 0.15) is 5.69 Å². The van der Waals surface area contributed by atoms with E-state index >= 15 is 0 Å². The highest BCUT2D eigenvalue weighted by atomic mass is 32.1. The predicted molar refractivity (Wildman–Crippen MR) is 55.6 cm³/mol. The average molecular weight is 245 g/mol. The number of rotatable bonds is 3. The summed E-state index contributed by atoms with van der Waals surface area (Å²) in [5.41, 5.74) is 0.389. The van der Waals surface area contributed by atoms with E-state index in [0.717, 1.165) is 0 Å². The van der Waals surface area contributed by atoms with E-state index in [9.17, 15) is 4.57 Å². The van der Waals surface area contributed by atoms with Crippen molar-refractivity contribution in [3.05, 3.63) is 29.5 Å². The number of nitrogens with zero attached hydrogens (tertiary/aromatic N) is 1. The zero-order chi connectivity index (χ0) is 10.9. The van der Waals surface area contributed by atoms with Crippen LogP contribution in [0.4, 0.5) is 0 Å². The van der Waals surface area contributed by atoms with Crippen molar-refractivity contribution < 1.29 is 18.8 Å². The van der Waals surface area contributed by atoms with Crippen LogP contribution >= 0.6 is 18.9 Å². The Bertz CT molecular complexity index is 486. The lowest BCUT2D eigenvalue weighted by Crippen LogP contribution is -1.86. The van der Waals surface area contributed by atoms with Gasteiger partial charge in [-0.05, 0) is 12.1 Å². The van der Waals surface area contributed by atoms with E-state index in [1.165, 1.54) is 17.6 Å². The van der Waals surface area contributed by atoms with Crippen molar-refractivity contribution in [1.82, 2.24) is 4.98 Å². The Morgan fingerprint density at radius 1 is 1.53 bits per heavy atom. The van der Waals surface area contributed by atoms with Crippen molar-refractivity contribution in [1.29, 1.82) is 0 Å². The van der Waals surface area contributed by atoms with Crippen LogP contribution < -0.4 is 0 Å². The summed E-state index contributed by atoms with van der Waals surface area (Å²) in [7, 11) is -4.04. The van der Waals surface area contributed by atoms with Gasteiger partial charge < -0.3 is 14.2 Å². The van der Waals surface area contributed by atoms with Gasteiger partial charge in [0.2, 0.25) is 0 Å². The van der Waals surface area contributed by atoms with Crippen molar-refractivity contribution in [2.24, 2.45) is 0 Å². The third kappa shape index (κ3) is 2.76. The molecule has 2 heterocycles. The molecule has 0 bridgehead atoms. The van der Waals surface area contributed by atoms with Crippen LogP contribution in [0.2, 0.25) is 0 Å². The Labute approximate surface area is 89.6 Å². The largest absolute Gasteiger partial charge is 0.462 e. The van der Waals surface area contributed by atoms with Gasteiger partial charge in [-0.25, -0.2) is 4.98 Å². The molecule has 0 amide bonds. The first-order valence-corrected chi connectivity index (χ1v) is 6.75. The van der Waals surface area contributed by atoms with Gasteiger partial charge in [-0.15, -0.1) is 11.3 Å². The van der Waals surface area contributed by atoms with Crippen LogP contribution in [0, 0.1) is 0 Å². The first-order chi connectivity index (χ1) is 7.04. The summed E-state index contributed by atoms with van der Waals surface area (Å²) >= 11 is 1.30. The Kier molecular flexibility index (Phi) is 2.75. The molecule has 0 fully saturated rings. The molecular weight excluding hydrogens is 237 g/mol. The van der Waals surface area contributed by atoms with Crippen molar-refractivity contribution in [2.45, 2.75) is 6.16 Å².